The fourth-order valence-corrected chi connectivity index (χ4v) is 2.46. The maximum Gasteiger partial charge on any atom is 0.387 e. The van der Waals surface area contributed by atoms with Crippen molar-refractivity contribution in [3.63, 3.8) is 0 Å². The zero-order valence-electron chi connectivity index (χ0n) is 11.8. The molecule has 1 N–H and O–H groups in total. The molecule has 2 rings (SSSR count). The number of nitrogens with one attached hydrogen (secondary N) is 1. The fraction of sp³-hybridized carbons (Fsp3) is 0.429. The van der Waals surface area contributed by atoms with E-state index in [1.165, 1.54) is 23.1 Å². The number of rotatable bonds is 5. The van der Waals surface area contributed by atoms with E-state index >= 15 is 0 Å². The molecule has 1 aromatic carbocycles. The fourth-order valence-electron chi connectivity index (χ4n) is 2.26. The van der Waals surface area contributed by atoms with Crippen LogP contribution in [0, 0.1) is 5.92 Å². The van der Waals surface area contributed by atoms with Crippen LogP contribution in [0.2, 0.25) is 5.02 Å². The van der Waals surface area contributed by atoms with Gasteiger partial charge in [-0.1, -0.05) is 11.6 Å². The van der Waals surface area contributed by atoms with Gasteiger partial charge in [-0.25, -0.2) is 0 Å². The third kappa shape index (κ3) is 4.07. The van der Waals surface area contributed by atoms with Gasteiger partial charge in [0.1, 0.15) is 5.75 Å². The van der Waals surface area contributed by atoms with Crippen LogP contribution in [0.4, 0.5) is 8.78 Å². The summed E-state index contributed by atoms with van der Waals surface area (Å²) in [6.45, 7) is -2.62. The van der Waals surface area contributed by atoms with Gasteiger partial charge in [-0.3, -0.25) is 9.59 Å². The third-order valence-electron chi connectivity index (χ3n) is 3.40. The summed E-state index contributed by atoms with van der Waals surface area (Å²) in [5.74, 6) is -0.874. The van der Waals surface area contributed by atoms with E-state index in [9.17, 15) is 18.4 Å². The Morgan fingerprint density at radius 3 is 2.86 bits per heavy atom. The van der Waals surface area contributed by atoms with Gasteiger partial charge < -0.3 is 15.0 Å². The van der Waals surface area contributed by atoms with Gasteiger partial charge in [0.2, 0.25) is 11.8 Å². The molecule has 2 amide bonds. The predicted molar refractivity (Wildman–Crippen MR) is 75.7 cm³/mol. The Balaban J connectivity index is 2.00. The van der Waals surface area contributed by atoms with E-state index in [1.54, 1.807) is 7.05 Å². The van der Waals surface area contributed by atoms with Gasteiger partial charge in [0.05, 0.1) is 5.92 Å². The van der Waals surface area contributed by atoms with Gasteiger partial charge in [-0.05, 0) is 18.2 Å². The number of nitrogens with zero attached hydrogens (tertiary/aromatic N) is 1. The highest BCUT2D eigenvalue weighted by Crippen LogP contribution is 2.25. The number of hydrogen-bond donors (Lipinski definition) is 1. The number of hydrogen-bond acceptors (Lipinski definition) is 3. The number of halogens is 3. The summed E-state index contributed by atoms with van der Waals surface area (Å²) in [7, 11) is 1.63. The molecule has 0 spiro atoms. The van der Waals surface area contributed by atoms with Crippen LogP contribution in [0.25, 0.3) is 0 Å². The van der Waals surface area contributed by atoms with E-state index in [0.717, 1.165) is 0 Å². The van der Waals surface area contributed by atoms with Gasteiger partial charge in [0.15, 0.2) is 0 Å². The lowest BCUT2D eigenvalue weighted by Crippen LogP contribution is -2.32. The van der Waals surface area contributed by atoms with Crippen molar-refractivity contribution in [2.24, 2.45) is 5.92 Å². The molecule has 1 fully saturated rings. The van der Waals surface area contributed by atoms with Gasteiger partial charge in [-0.15, -0.1) is 0 Å². The lowest BCUT2D eigenvalue weighted by Gasteiger charge is -2.14. The highest BCUT2D eigenvalue weighted by Gasteiger charge is 2.31. The zero-order chi connectivity index (χ0) is 16.3. The van der Waals surface area contributed by atoms with Crippen molar-refractivity contribution < 1.29 is 23.1 Å². The second-order valence-electron chi connectivity index (χ2n) is 5.02. The Kier molecular flexibility index (Phi) is 5.18. The molecule has 1 atom stereocenters. The van der Waals surface area contributed by atoms with E-state index in [0.29, 0.717) is 17.1 Å². The predicted octanol–water partition coefficient (Wildman–Crippen LogP) is 2.04. The molecule has 120 valence electrons. The number of benzene rings is 1. The Bertz CT molecular complexity index is 583. The minimum atomic E-state index is -2.96. The molecule has 1 aliphatic heterocycles. The lowest BCUT2D eigenvalue weighted by atomic mass is 10.1. The molecular weight excluding hydrogens is 318 g/mol. The average Bonchev–Trinajstić information content (AvgIpc) is 2.78. The molecule has 5 nitrogen and oxygen atoms in total. The first-order valence-electron chi connectivity index (χ1n) is 6.61. The van der Waals surface area contributed by atoms with Crippen molar-refractivity contribution in [3.05, 3.63) is 28.8 Å². The minimum Gasteiger partial charge on any atom is -0.434 e. The third-order valence-corrected chi connectivity index (χ3v) is 3.64. The summed E-state index contributed by atoms with van der Waals surface area (Å²) in [6.07, 6.45) is 0.151. The Hall–Kier alpha value is -1.89. The lowest BCUT2D eigenvalue weighted by molar-refractivity contribution is -0.128. The summed E-state index contributed by atoms with van der Waals surface area (Å²) in [5, 5.41) is 2.97. The first kappa shape index (κ1) is 16.5. The molecule has 22 heavy (non-hydrogen) atoms. The Labute approximate surface area is 131 Å². The van der Waals surface area contributed by atoms with E-state index in [-0.39, 0.29) is 30.5 Å². The highest BCUT2D eigenvalue weighted by molar-refractivity contribution is 6.30. The van der Waals surface area contributed by atoms with Gasteiger partial charge >= 0.3 is 6.61 Å². The number of carbonyl (C=O) groups excluding carboxylic acids is 2. The van der Waals surface area contributed by atoms with E-state index in [2.05, 4.69) is 10.1 Å². The van der Waals surface area contributed by atoms with Crippen LogP contribution in [-0.2, 0) is 16.1 Å². The molecule has 0 bridgehead atoms. The SMILES string of the molecule is CN1C[C@H](C(=O)NCc2cc(Cl)ccc2OC(F)F)CC1=O. The second kappa shape index (κ2) is 6.91. The van der Waals surface area contributed by atoms with Crippen molar-refractivity contribution in [2.45, 2.75) is 19.6 Å². The Morgan fingerprint density at radius 2 is 2.27 bits per heavy atom. The molecule has 0 aliphatic carbocycles. The highest BCUT2D eigenvalue weighted by atomic mass is 35.5. The van der Waals surface area contributed by atoms with Crippen LogP contribution in [0.1, 0.15) is 12.0 Å². The van der Waals surface area contributed by atoms with Crippen molar-refractivity contribution in [2.75, 3.05) is 13.6 Å². The first-order valence-corrected chi connectivity index (χ1v) is 6.99. The van der Waals surface area contributed by atoms with E-state index in [1.807, 2.05) is 0 Å². The largest absolute Gasteiger partial charge is 0.434 e. The smallest absolute Gasteiger partial charge is 0.387 e. The molecule has 1 saturated heterocycles. The molecule has 1 aromatic rings. The molecule has 0 aromatic heterocycles. The number of carbonyl (C=O) groups is 2. The quantitative estimate of drug-likeness (QED) is 0.897. The molecule has 8 heteroatoms. The minimum absolute atomic E-state index is 0.00412. The Morgan fingerprint density at radius 1 is 1.55 bits per heavy atom. The molecule has 0 unspecified atom stereocenters. The second-order valence-corrected chi connectivity index (χ2v) is 5.46. The van der Waals surface area contributed by atoms with Crippen LogP contribution in [0.15, 0.2) is 18.2 Å². The summed E-state index contributed by atoms with van der Waals surface area (Å²) in [4.78, 5) is 24.9. The summed E-state index contributed by atoms with van der Waals surface area (Å²) >= 11 is 5.83. The van der Waals surface area contributed by atoms with E-state index in [4.69, 9.17) is 11.6 Å². The molecular formula is C14H15ClF2N2O3. The van der Waals surface area contributed by atoms with Crippen LogP contribution in [0.3, 0.4) is 0 Å². The van der Waals surface area contributed by atoms with Crippen molar-refractivity contribution in [3.8, 4) is 5.75 Å². The van der Waals surface area contributed by atoms with Crippen LogP contribution in [0.5, 0.6) is 5.75 Å². The summed E-state index contributed by atoms with van der Waals surface area (Å²) in [5.41, 5.74) is 0.346. The van der Waals surface area contributed by atoms with Gasteiger partial charge in [0, 0.05) is 37.1 Å². The summed E-state index contributed by atoms with van der Waals surface area (Å²) in [6, 6.07) is 4.20. The molecule has 1 heterocycles. The van der Waals surface area contributed by atoms with Crippen molar-refractivity contribution in [1.29, 1.82) is 0 Å². The van der Waals surface area contributed by atoms with Gasteiger partial charge in [0.25, 0.3) is 0 Å². The van der Waals surface area contributed by atoms with Crippen LogP contribution in [-0.4, -0.2) is 36.9 Å². The van der Waals surface area contributed by atoms with E-state index < -0.39 is 12.5 Å². The van der Waals surface area contributed by atoms with Crippen molar-refractivity contribution >= 4 is 23.4 Å². The van der Waals surface area contributed by atoms with Crippen LogP contribution >= 0.6 is 11.6 Å². The molecule has 1 aliphatic rings. The van der Waals surface area contributed by atoms with Crippen molar-refractivity contribution in [1.82, 2.24) is 10.2 Å². The maximum atomic E-state index is 12.3. The number of alkyl halides is 2. The topological polar surface area (TPSA) is 58.6 Å². The maximum absolute atomic E-state index is 12.3. The van der Waals surface area contributed by atoms with Gasteiger partial charge in [-0.2, -0.15) is 8.78 Å². The molecule has 0 radical (unpaired) electrons. The normalized spacial score (nSPS) is 18.0. The number of ether oxygens (including phenoxy) is 1. The monoisotopic (exact) mass is 332 g/mol. The first-order chi connectivity index (χ1) is 10.4. The van der Waals surface area contributed by atoms with Crippen LogP contribution < -0.4 is 10.1 Å². The standard InChI is InChI=1S/C14H15ClF2N2O3/c1-19-7-9(5-12(19)20)13(21)18-6-8-4-10(15)2-3-11(8)22-14(16)17/h2-4,9,14H,5-7H2,1H3,(H,18,21)/t9-/m1/s1. The zero-order valence-corrected chi connectivity index (χ0v) is 12.6. The number of amides is 2. The summed E-state index contributed by atoms with van der Waals surface area (Å²) < 4.78 is 29.1. The molecule has 0 saturated carbocycles. The number of likely N-dealkylation sites (tertiary alicyclic amines) is 1. The average molecular weight is 333 g/mol.